The van der Waals surface area contributed by atoms with E-state index in [0.717, 1.165) is 24.0 Å². The van der Waals surface area contributed by atoms with E-state index >= 15 is 0 Å². The van der Waals surface area contributed by atoms with Gasteiger partial charge in [-0.15, -0.1) is 0 Å². The van der Waals surface area contributed by atoms with Crippen molar-refractivity contribution in [2.45, 2.75) is 86.1 Å². The second kappa shape index (κ2) is 14.5. The maximum Gasteiger partial charge on any atom is 0.340 e. The van der Waals surface area contributed by atoms with Crippen LogP contribution in [-0.4, -0.2) is 85.3 Å². The van der Waals surface area contributed by atoms with Gasteiger partial charge < -0.3 is 29.2 Å². The molecule has 4 fully saturated rings. The topological polar surface area (TPSA) is 136 Å². The average molecular weight is 747 g/mol. The van der Waals surface area contributed by atoms with Gasteiger partial charge in [0.2, 0.25) is 0 Å². The highest BCUT2D eigenvalue weighted by Crippen LogP contribution is 2.51. The summed E-state index contributed by atoms with van der Waals surface area (Å²) in [5.41, 5.74) is -0.584. The number of benzene rings is 2. The predicted octanol–water partition coefficient (Wildman–Crippen LogP) is 5.21. The molecule has 10 atom stereocenters. The maximum absolute atomic E-state index is 13.5. The molecule has 10 nitrogen and oxygen atoms in total. The summed E-state index contributed by atoms with van der Waals surface area (Å²) in [4.78, 5) is 27.1. The molecule has 0 saturated carbocycles. The highest BCUT2D eigenvalue weighted by molar-refractivity contribution is 6.42. The quantitative estimate of drug-likeness (QED) is 0.227. The first-order chi connectivity index (χ1) is 22.9. The van der Waals surface area contributed by atoms with Crippen molar-refractivity contribution >= 4 is 58.3 Å². The number of methoxy groups -OCH3 is 2. The van der Waals surface area contributed by atoms with E-state index in [9.17, 15) is 19.8 Å². The number of carbonyl (C=O) groups excluding carboxylic acids is 2. The molecule has 4 bridgehead atoms. The number of nitrogens with one attached hydrogen (secondary N) is 2. The summed E-state index contributed by atoms with van der Waals surface area (Å²) in [6.07, 6.45) is -0.604. The fraction of sp³-hybridized carbons (Fsp3) is 0.588. The summed E-state index contributed by atoms with van der Waals surface area (Å²) in [7, 11) is 3.12. The van der Waals surface area contributed by atoms with Crippen molar-refractivity contribution in [1.29, 1.82) is 0 Å². The van der Waals surface area contributed by atoms with Crippen LogP contribution in [0.4, 0.5) is 0 Å². The van der Waals surface area contributed by atoms with Gasteiger partial charge >= 0.3 is 11.9 Å². The largest absolute Gasteiger partial charge is 0.441 e. The van der Waals surface area contributed by atoms with Gasteiger partial charge in [-0.3, -0.25) is 10.6 Å². The Kier molecular flexibility index (Phi) is 10.9. The van der Waals surface area contributed by atoms with Crippen LogP contribution in [-0.2, 0) is 28.5 Å². The molecule has 0 aliphatic carbocycles. The summed E-state index contributed by atoms with van der Waals surface area (Å²) in [6.45, 7) is 0.462. The van der Waals surface area contributed by atoms with Gasteiger partial charge in [-0.25, -0.2) is 9.59 Å². The van der Waals surface area contributed by atoms with Crippen LogP contribution in [0.15, 0.2) is 36.4 Å². The predicted molar refractivity (Wildman–Crippen MR) is 180 cm³/mol. The van der Waals surface area contributed by atoms with E-state index < -0.39 is 35.6 Å². The van der Waals surface area contributed by atoms with Crippen molar-refractivity contribution in [3.63, 3.8) is 0 Å². The smallest absolute Gasteiger partial charge is 0.340 e. The van der Waals surface area contributed by atoms with Crippen molar-refractivity contribution in [1.82, 2.24) is 10.6 Å². The van der Waals surface area contributed by atoms with Crippen molar-refractivity contribution in [2.75, 3.05) is 27.4 Å². The summed E-state index contributed by atoms with van der Waals surface area (Å²) in [5, 5.41) is 30.6. The second-order valence-corrected chi connectivity index (χ2v) is 15.1. The molecule has 0 radical (unpaired) electrons. The third-order valence-corrected chi connectivity index (χ3v) is 12.1. The van der Waals surface area contributed by atoms with Crippen LogP contribution < -0.4 is 10.6 Å². The normalized spacial score (nSPS) is 33.7. The lowest BCUT2D eigenvalue weighted by Gasteiger charge is -2.46. The molecular weight excluding hydrogens is 706 g/mol. The minimum atomic E-state index is -2.20. The lowest BCUT2D eigenvalue weighted by molar-refractivity contribution is -0.205. The summed E-state index contributed by atoms with van der Waals surface area (Å²) >= 11 is 25.1. The molecular formula is C34H40Cl4N2O8. The number of carbonyl (C=O) groups is 2. The van der Waals surface area contributed by atoms with Crippen LogP contribution in [0, 0.1) is 11.8 Å². The second-order valence-electron chi connectivity index (χ2n) is 13.4. The molecule has 2 aromatic rings. The molecule has 4 heterocycles. The minimum absolute atomic E-state index is 0.0189. The Bertz CT molecular complexity index is 1420. The molecule has 6 rings (SSSR count). The molecule has 0 spiro atoms. The maximum atomic E-state index is 13.5. The van der Waals surface area contributed by atoms with E-state index in [2.05, 4.69) is 10.6 Å². The zero-order chi connectivity index (χ0) is 34.4. The summed E-state index contributed by atoms with van der Waals surface area (Å²) < 4.78 is 23.2. The van der Waals surface area contributed by atoms with E-state index in [0.29, 0.717) is 45.8 Å². The molecule has 4 saturated heterocycles. The molecule has 0 amide bonds. The van der Waals surface area contributed by atoms with Crippen LogP contribution in [0.25, 0.3) is 0 Å². The lowest BCUT2D eigenvalue weighted by atomic mass is 9.75. The Balaban J connectivity index is 1.19. The number of piperidine rings is 2. The van der Waals surface area contributed by atoms with E-state index in [-0.39, 0.29) is 49.0 Å². The zero-order valence-corrected chi connectivity index (χ0v) is 29.6. The fourth-order valence-electron chi connectivity index (χ4n) is 8.42. The van der Waals surface area contributed by atoms with Crippen LogP contribution in [0.1, 0.15) is 61.5 Å². The Morgan fingerprint density at radius 2 is 1.12 bits per heavy atom. The first-order valence-electron chi connectivity index (χ1n) is 16.1. The fourth-order valence-corrected chi connectivity index (χ4v) is 9.03. The number of fused-ring (bicyclic) bond motifs is 4. The van der Waals surface area contributed by atoms with E-state index in [4.69, 9.17) is 65.4 Å². The number of hydrogen-bond acceptors (Lipinski definition) is 10. The van der Waals surface area contributed by atoms with Crippen LogP contribution in [0.2, 0.25) is 20.1 Å². The Morgan fingerprint density at radius 3 is 1.48 bits per heavy atom. The van der Waals surface area contributed by atoms with Gasteiger partial charge in [-0.05, 0) is 72.9 Å². The van der Waals surface area contributed by atoms with Gasteiger partial charge in [0.25, 0.3) is 0 Å². The van der Waals surface area contributed by atoms with Crippen LogP contribution >= 0.6 is 46.4 Å². The van der Waals surface area contributed by atoms with Crippen LogP contribution in [0.5, 0.6) is 0 Å². The van der Waals surface area contributed by atoms with Gasteiger partial charge in [-0.1, -0.05) is 58.5 Å². The van der Waals surface area contributed by atoms with Crippen molar-refractivity contribution in [3.8, 4) is 0 Å². The SMILES string of the molecule is COC[C@@H]1[C@@H](c2ccc(Cl)c(Cl)c2)C[C@@H]2CC[C@]1(OC(=O)C(O)C(O)C(=O)O[C@]13CC[C@@H](C[C@H](c4ccc(Cl)c(Cl)c4)[C@H]1COC)N3)N2. The first kappa shape index (κ1) is 36.1. The third-order valence-electron chi connectivity index (χ3n) is 10.7. The monoisotopic (exact) mass is 744 g/mol. The highest BCUT2D eigenvalue weighted by atomic mass is 35.5. The molecule has 14 heteroatoms. The van der Waals surface area contributed by atoms with E-state index in [1.54, 1.807) is 38.5 Å². The number of ether oxygens (including phenoxy) is 4. The minimum Gasteiger partial charge on any atom is -0.441 e. The van der Waals surface area contributed by atoms with Gasteiger partial charge in [0.15, 0.2) is 23.7 Å². The standard InChI is InChI=1S/C34H40Cl4N2O8/c1-45-15-23-21(17-3-5-25(35)27(37)11-17)13-19-7-9-33(23,39-19)47-31(43)29(41)30(42)32(44)48-34-10-8-20(40-34)14-22(24(34)16-46-2)18-4-6-26(36)28(38)12-18/h3-6,11-12,19-24,29-30,39-42H,7-10,13-16H2,1-2H3/t19-,20-,21+,22+,23+,24+,29?,30?,33+,34+/m0/s1. The van der Waals surface area contributed by atoms with E-state index in [1.165, 1.54) is 0 Å². The summed E-state index contributed by atoms with van der Waals surface area (Å²) in [5.74, 6) is -3.25. The van der Waals surface area contributed by atoms with Crippen molar-refractivity contribution in [2.24, 2.45) is 11.8 Å². The van der Waals surface area contributed by atoms with Gasteiger partial charge in [-0.2, -0.15) is 0 Å². The lowest BCUT2D eigenvalue weighted by Crippen LogP contribution is -2.62. The Labute approximate surface area is 299 Å². The Hall–Kier alpha value is -1.70. The van der Waals surface area contributed by atoms with Gasteiger partial charge in [0.05, 0.1) is 33.3 Å². The molecule has 4 N–H and O–H groups in total. The van der Waals surface area contributed by atoms with E-state index in [1.807, 2.05) is 12.1 Å². The number of aliphatic hydroxyl groups is 2. The highest BCUT2D eigenvalue weighted by Gasteiger charge is 2.58. The summed E-state index contributed by atoms with van der Waals surface area (Å²) in [6, 6.07) is 10.9. The van der Waals surface area contributed by atoms with Crippen molar-refractivity contribution in [3.05, 3.63) is 67.6 Å². The molecule has 2 aromatic carbocycles. The van der Waals surface area contributed by atoms with Crippen molar-refractivity contribution < 1.29 is 38.7 Å². The van der Waals surface area contributed by atoms with Gasteiger partial charge in [0, 0.05) is 51.0 Å². The Morgan fingerprint density at radius 1 is 0.729 bits per heavy atom. The number of hydrogen-bond donors (Lipinski definition) is 4. The molecule has 0 aromatic heterocycles. The third kappa shape index (κ3) is 6.83. The first-order valence-corrected chi connectivity index (χ1v) is 17.7. The number of esters is 2. The molecule has 48 heavy (non-hydrogen) atoms. The van der Waals surface area contributed by atoms with Crippen LogP contribution in [0.3, 0.4) is 0 Å². The van der Waals surface area contributed by atoms with Gasteiger partial charge in [0.1, 0.15) is 0 Å². The zero-order valence-electron chi connectivity index (χ0n) is 26.6. The number of aliphatic hydroxyl groups excluding tert-OH is 2. The molecule has 2 unspecified atom stereocenters. The number of halogens is 4. The molecule has 4 aliphatic heterocycles. The number of rotatable bonds is 11. The molecule has 4 aliphatic rings. The average Bonchev–Trinajstić information content (AvgIpc) is 3.59. The molecule has 262 valence electrons.